The van der Waals surface area contributed by atoms with E-state index < -0.39 is 16.0 Å². The Kier molecular flexibility index (Phi) is 5.44. The minimum atomic E-state index is -4.04. The van der Waals surface area contributed by atoms with E-state index in [2.05, 4.69) is 5.32 Å². The van der Waals surface area contributed by atoms with Crippen LogP contribution in [0, 0.1) is 6.92 Å². The van der Waals surface area contributed by atoms with Gasteiger partial charge in [0.1, 0.15) is 16.9 Å². The van der Waals surface area contributed by atoms with E-state index in [1.165, 1.54) is 0 Å². The Morgan fingerprint density at radius 1 is 1.26 bits per heavy atom. The summed E-state index contributed by atoms with van der Waals surface area (Å²) in [5, 5.41) is 2.65. The van der Waals surface area contributed by atoms with Crippen molar-refractivity contribution in [2.24, 2.45) is 0 Å². The highest BCUT2D eigenvalue weighted by Gasteiger charge is 2.22. The third kappa shape index (κ3) is 4.59. The molecule has 1 amide bonds. The summed E-state index contributed by atoms with van der Waals surface area (Å²) in [6, 6.07) is 7.77. The predicted molar refractivity (Wildman–Crippen MR) is 84.9 cm³/mol. The molecule has 6 nitrogen and oxygen atoms in total. The van der Waals surface area contributed by atoms with Gasteiger partial charge in [-0.3, -0.25) is 4.79 Å². The van der Waals surface area contributed by atoms with Gasteiger partial charge in [-0.05, 0) is 25.5 Å². The van der Waals surface area contributed by atoms with Crippen molar-refractivity contribution in [1.82, 2.24) is 5.32 Å². The molecule has 0 aliphatic carbocycles. The second-order valence-corrected chi connectivity index (χ2v) is 6.65. The molecule has 0 saturated heterocycles. The lowest BCUT2D eigenvalue weighted by Gasteiger charge is -2.04. The van der Waals surface area contributed by atoms with Gasteiger partial charge in [0, 0.05) is 12.6 Å². The van der Waals surface area contributed by atoms with Gasteiger partial charge in [0.2, 0.25) is 0 Å². The van der Waals surface area contributed by atoms with E-state index in [0.717, 1.165) is 30.7 Å². The highest BCUT2D eigenvalue weighted by atomic mass is 32.2. The molecule has 0 bridgehead atoms. The molecule has 1 aromatic carbocycles. The van der Waals surface area contributed by atoms with Crippen LogP contribution in [-0.4, -0.2) is 20.9 Å². The average Bonchev–Trinajstić information content (AvgIpc) is 3.00. The second-order valence-electron chi connectivity index (χ2n) is 5.11. The fraction of sp³-hybridized carbons (Fsp3) is 0.312. The van der Waals surface area contributed by atoms with Crippen LogP contribution in [0.5, 0.6) is 5.75 Å². The summed E-state index contributed by atoms with van der Waals surface area (Å²) in [4.78, 5) is 11.6. The molecule has 0 aliphatic rings. The zero-order valence-corrected chi connectivity index (χ0v) is 13.9. The van der Waals surface area contributed by atoms with Crippen LogP contribution in [0.25, 0.3) is 0 Å². The van der Waals surface area contributed by atoms with Crippen molar-refractivity contribution < 1.29 is 21.8 Å². The molecule has 1 N–H and O–H groups in total. The first-order valence-electron chi connectivity index (χ1n) is 7.30. The van der Waals surface area contributed by atoms with Crippen LogP contribution in [0.4, 0.5) is 0 Å². The summed E-state index contributed by atoms with van der Waals surface area (Å²) in [5.74, 6) is -0.312. The molecule has 0 radical (unpaired) electrons. The van der Waals surface area contributed by atoms with Gasteiger partial charge in [0.25, 0.3) is 5.91 Å². The standard InChI is InChI=1S/C16H19NO5S/c1-3-4-9-17-16(18)15-10-14(11-21-15)23(19,20)22-13-7-5-12(2)6-8-13/h5-8,10-11H,3-4,9H2,1-2H3,(H,17,18). The Balaban J connectivity index is 2.08. The van der Waals surface area contributed by atoms with Gasteiger partial charge in [-0.2, -0.15) is 8.42 Å². The van der Waals surface area contributed by atoms with Crippen molar-refractivity contribution >= 4 is 16.0 Å². The molecule has 0 fully saturated rings. The first-order chi connectivity index (χ1) is 10.9. The number of hydrogen-bond acceptors (Lipinski definition) is 5. The molecule has 0 unspecified atom stereocenters. The molecule has 2 rings (SSSR count). The number of furan rings is 1. The Bertz CT molecular complexity index is 762. The number of unbranched alkanes of at least 4 members (excludes halogenated alkanes) is 1. The molecule has 0 saturated carbocycles. The summed E-state index contributed by atoms with van der Waals surface area (Å²) in [7, 11) is -4.04. The van der Waals surface area contributed by atoms with Crippen molar-refractivity contribution in [3.63, 3.8) is 0 Å². The molecular formula is C16H19NO5S. The molecule has 1 heterocycles. The largest absolute Gasteiger partial charge is 0.458 e. The van der Waals surface area contributed by atoms with Crippen molar-refractivity contribution in [3.05, 3.63) is 47.9 Å². The number of carbonyl (C=O) groups is 1. The highest BCUT2D eigenvalue weighted by molar-refractivity contribution is 7.87. The van der Waals surface area contributed by atoms with Crippen LogP contribution in [0.1, 0.15) is 35.9 Å². The lowest BCUT2D eigenvalue weighted by atomic mass is 10.2. The van der Waals surface area contributed by atoms with Crippen LogP contribution in [0.3, 0.4) is 0 Å². The van der Waals surface area contributed by atoms with Crippen LogP contribution in [0.2, 0.25) is 0 Å². The first-order valence-corrected chi connectivity index (χ1v) is 8.71. The molecule has 2 aromatic rings. The lowest BCUT2D eigenvalue weighted by Crippen LogP contribution is -2.23. The van der Waals surface area contributed by atoms with Gasteiger partial charge < -0.3 is 13.9 Å². The number of rotatable bonds is 7. The number of carbonyl (C=O) groups excluding carboxylic acids is 1. The van der Waals surface area contributed by atoms with E-state index in [1.54, 1.807) is 24.3 Å². The van der Waals surface area contributed by atoms with Gasteiger partial charge in [0.15, 0.2) is 5.76 Å². The average molecular weight is 337 g/mol. The summed E-state index contributed by atoms with van der Waals surface area (Å²) < 4.78 is 34.4. The maximum atomic E-state index is 12.2. The third-order valence-corrected chi connectivity index (χ3v) is 4.33. The molecular weight excluding hydrogens is 318 g/mol. The SMILES string of the molecule is CCCCNC(=O)c1cc(S(=O)(=O)Oc2ccc(C)cc2)co1. The minimum absolute atomic E-state index is 0.0628. The Morgan fingerprint density at radius 2 is 1.96 bits per heavy atom. The summed E-state index contributed by atoms with van der Waals surface area (Å²) in [5.41, 5.74) is 0.990. The normalized spacial score (nSPS) is 11.2. The van der Waals surface area contributed by atoms with Gasteiger partial charge in [-0.15, -0.1) is 0 Å². The number of nitrogens with one attached hydrogen (secondary N) is 1. The topological polar surface area (TPSA) is 85.6 Å². The smallest absolute Gasteiger partial charge is 0.342 e. The zero-order chi connectivity index (χ0) is 16.9. The molecule has 0 spiro atoms. The number of hydrogen-bond donors (Lipinski definition) is 1. The zero-order valence-electron chi connectivity index (χ0n) is 13.0. The van der Waals surface area contributed by atoms with Crippen LogP contribution >= 0.6 is 0 Å². The van der Waals surface area contributed by atoms with Crippen molar-refractivity contribution in [2.75, 3.05) is 6.54 Å². The minimum Gasteiger partial charge on any atom is -0.458 e. The third-order valence-electron chi connectivity index (χ3n) is 3.13. The molecule has 124 valence electrons. The van der Waals surface area contributed by atoms with E-state index in [9.17, 15) is 13.2 Å². The van der Waals surface area contributed by atoms with E-state index in [1.807, 2.05) is 13.8 Å². The first kappa shape index (κ1) is 17.1. The molecule has 0 aliphatic heterocycles. The second kappa shape index (κ2) is 7.32. The maximum Gasteiger partial charge on any atom is 0.342 e. The van der Waals surface area contributed by atoms with E-state index in [0.29, 0.717) is 6.54 Å². The summed E-state index contributed by atoms with van der Waals surface area (Å²) in [6.07, 6.45) is 2.79. The van der Waals surface area contributed by atoms with Gasteiger partial charge in [-0.1, -0.05) is 31.0 Å². The molecule has 1 aromatic heterocycles. The number of aryl methyl sites for hydroxylation is 1. The van der Waals surface area contributed by atoms with Crippen molar-refractivity contribution in [3.8, 4) is 5.75 Å². The van der Waals surface area contributed by atoms with Gasteiger partial charge in [0.05, 0.1) is 0 Å². The van der Waals surface area contributed by atoms with Crippen LogP contribution in [0.15, 0.2) is 45.9 Å². The highest BCUT2D eigenvalue weighted by Crippen LogP contribution is 2.21. The fourth-order valence-corrected chi connectivity index (χ4v) is 2.68. The Hall–Kier alpha value is -2.28. The van der Waals surface area contributed by atoms with Crippen LogP contribution in [-0.2, 0) is 10.1 Å². The van der Waals surface area contributed by atoms with Crippen molar-refractivity contribution in [1.29, 1.82) is 0 Å². The molecule has 7 heteroatoms. The number of amides is 1. The quantitative estimate of drug-likeness (QED) is 0.620. The molecule has 0 atom stereocenters. The Labute approximate surface area is 135 Å². The lowest BCUT2D eigenvalue weighted by molar-refractivity contribution is 0.0925. The van der Waals surface area contributed by atoms with E-state index in [4.69, 9.17) is 8.60 Å². The van der Waals surface area contributed by atoms with Gasteiger partial charge in [-0.25, -0.2) is 0 Å². The van der Waals surface area contributed by atoms with E-state index >= 15 is 0 Å². The maximum absolute atomic E-state index is 12.2. The monoisotopic (exact) mass is 337 g/mol. The predicted octanol–water partition coefficient (Wildman–Crippen LogP) is 2.89. The van der Waals surface area contributed by atoms with Crippen molar-refractivity contribution in [2.45, 2.75) is 31.6 Å². The Morgan fingerprint density at radius 3 is 2.61 bits per heavy atom. The summed E-state index contributed by atoms with van der Waals surface area (Å²) >= 11 is 0. The summed E-state index contributed by atoms with van der Waals surface area (Å²) in [6.45, 7) is 4.40. The van der Waals surface area contributed by atoms with Crippen LogP contribution < -0.4 is 9.50 Å². The number of benzene rings is 1. The van der Waals surface area contributed by atoms with E-state index in [-0.39, 0.29) is 16.4 Å². The molecule has 23 heavy (non-hydrogen) atoms. The van der Waals surface area contributed by atoms with Gasteiger partial charge >= 0.3 is 10.1 Å². The fourth-order valence-electron chi connectivity index (χ4n) is 1.80.